The Morgan fingerprint density at radius 2 is 1.74 bits per heavy atom. The quantitative estimate of drug-likeness (QED) is 0.827. The molecule has 0 unspecified atom stereocenters. The van der Waals surface area contributed by atoms with Crippen LogP contribution >= 0.6 is 0 Å². The Bertz CT molecular complexity index is 784. The molecule has 2 rings (SSSR count). The predicted molar refractivity (Wildman–Crippen MR) is 91.0 cm³/mol. The van der Waals surface area contributed by atoms with Crippen LogP contribution in [0.2, 0.25) is 0 Å². The summed E-state index contributed by atoms with van der Waals surface area (Å²) in [5.41, 5.74) is 1.18. The van der Waals surface area contributed by atoms with Crippen molar-refractivity contribution in [2.75, 3.05) is 18.5 Å². The molecule has 120 valence electrons. The summed E-state index contributed by atoms with van der Waals surface area (Å²) in [6, 6.07) is 15.1. The maximum absolute atomic E-state index is 12.4. The highest BCUT2D eigenvalue weighted by molar-refractivity contribution is 7.89. The molecule has 0 bridgehead atoms. The molecule has 0 fully saturated rings. The molecule has 0 aromatic heterocycles. The van der Waals surface area contributed by atoms with Gasteiger partial charge in [0.25, 0.3) is 5.91 Å². The molecule has 0 atom stereocenters. The first-order chi connectivity index (χ1) is 11.0. The van der Waals surface area contributed by atoms with E-state index in [9.17, 15) is 13.2 Å². The van der Waals surface area contributed by atoms with Gasteiger partial charge in [-0.2, -0.15) is 0 Å². The number of amides is 1. The normalized spacial score (nSPS) is 11.0. The lowest BCUT2D eigenvalue weighted by Crippen LogP contribution is -2.26. The van der Waals surface area contributed by atoms with Gasteiger partial charge in [-0.25, -0.2) is 13.1 Å². The fourth-order valence-electron chi connectivity index (χ4n) is 1.99. The minimum atomic E-state index is -3.58. The zero-order valence-electron chi connectivity index (χ0n) is 12.8. The second-order valence-electron chi connectivity index (χ2n) is 4.86. The number of benzene rings is 2. The van der Waals surface area contributed by atoms with Crippen LogP contribution in [0.3, 0.4) is 0 Å². The molecule has 0 aliphatic carbocycles. The molecular weight excluding hydrogens is 312 g/mol. The first kappa shape index (κ1) is 16.9. The molecule has 2 aromatic rings. The first-order valence-corrected chi connectivity index (χ1v) is 8.48. The minimum Gasteiger partial charge on any atom is -0.311 e. The maximum Gasteiger partial charge on any atom is 0.258 e. The van der Waals surface area contributed by atoms with E-state index in [2.05, 4.69) is 11.3 Å². The third-order valence-electron chi connectivity index (χ3n) is 3.28. The number of hydrogen-bond donors (Lipinski definition) is 1. The Balaban J connectivity index is 2.19. The topological polar surface area (TPSA) is 66.5 Å². The molecule has 0 saturated heterocycles. The average Bonchev–Trinajstić information content (AvgIpc) is 2.59. The predicted octanol–water partition coefficient (Wildman–Crippen LogP) is 2.43. The number of anilines is 1. The van der Waals surface area contributed by atoms with E-state index in [0.717, 1.165) is 5.69 Å². The smallest absolute Gasteiger partial charge is 0.258 e. The Morgan fingerprint density at radius 1 is 1.13 bits per heavy atom. The molecule has 0 saturated carbocycles. The molecule has 5 nitrogen and oxygen atoms in total. The largest absolute Gasteiger partial charge is 0.311 e. The van der Waals surface area contributed by atoms with Gasteiger partial charge in [-0.15, -0.1) is 6.58 Å². The van der Waals surface area contributed by atoms with Crippen molar-refractivity contribution in [2.45, 2.75) is 4.90 Å². The summed E-state index contributed by atoms with van der Waals surface area (Å²) < 4.78 is 26.3. The van der Waals surface area contributed by atoms with Crippen LogP contribution in [-0.2, 0) is 10.0 Å². The summed E-state index contributed by atoms with van der Waals surface area (Å²) in [5, 5.41) is 0. The average molecular weight is 330 g/mol. The Morgan fingerprint density at radius 3 is 2.30 bits per heavy atom. The van der Waals surface area contributed by atoms with E-state index in [1.165, 1.54) is 35.2 Å². The van der Waals surface area contributed by atoms with Crippen LogP contribution in [0, 0.1) is 0 Å². The molecule has 23 heavy (non-hydrogen) atoms. The summed E-state index contributed by atoms with van der Waals surface area (Å²) in [5.74, 6) is -0.209. The molecule has 0 spiro atoms. The van der Waals surface area contributed by atoms with Gasteiger partial charge < -0.3 is 4.90 Å². The number of para-hydroxylation sites is 1. The van der Waals surface area contributed by atoms with Crippen molar-refractivity contribution in [1.82, 2.24) is 4.72 Å². The molecule has 6 heteroatoms. The summed E-state index contributed by atoms with van der Waals surface area (Å²) >= 11 is 0. The maximum atomic E-state index is 12.4. The van der Waals surface area contributed by atoms with Gasteiger partial charge in [0.05, 0.1) is 4.90 Å². The third-order valence-corrected chi connectivity index (χ3v) is 4.72. The van der Waals surface area contributed by atoms with Gasteiger partial charge >= 0.3 is 0 Å². The van der Waals surface area contributed by atoms with Gasteiger partial charge in [0.1, 0.15) is 0 Å². The van der Waals surface area contributed by atoms with E-state index in [4.69, 9.17) is 0 Å². The van der Waals surface area contributed by atoms with E-state index < -0.39 is 10.0 Å². The van der Waals surface area contributed by atoms with Crippen molar-refractivity contribution < 1.29 is 13.2 Å². The lowest BCUT2D eigenvalue weighted by Gasteiger charge is -2.17. The number of sulfonamides is 1. The molecule has 0 heterocycles. The van der Waals surface area contributed by atoms with Gasteiger partial charge in [0, 0.05) is 24.8 Å². The van der Waals surface area contributed by atoms with Crippen LogP contribution in [0.4, 0.5) is 5.69 Å². The van der Waals surface area contributed by atoms with Crippen LogP contribution in [0.1, 0.15) is 10.4 Å². The fourth-order valence-corrected chi connectivity index (χ4v) is 2.99. The molecule has 0 aliphatic rings. The molecule has 2 aromatic carbocycles. The van der Waals surface area contributed by atoms with Crippen molar-refractivity contribution in [2.24, 2.45) is 0 Å². The molecule has 0 aliphatic heterocycles. The number of nitrogens with zero attached hydrogens (tertiary/aromatic N) is 1. The number of nitrogens with one attached hydrogen (secondary N) is 1. The minimum absolute atomic E-state index is 0.110. The summed E-state index contributed by atoms with van der Waals surface area (Å²) in [7, 11) is -1.91. The van der Waals surface area contributed by atoms with Crippen LogP contribution in [0.25, 0.3) is 0 Å². The zero-order valence-corrected chi connectivity index (χ0v) is 13.6. The zero-order chi connectivity index (χ0) is 16.9. The molecular formula is C17H18N2O3S. The van der Waals surface area contributed by atoms with E-state index >= 15 is 0 Å². The van der Waals surface area contributed by atoms with Gasteiger partial charge in [-0.3, -0.25) is 4.79 Å². The highest BCUT2D eigenvalue weighted by atomic mass is 32.2. The lowest BCUT2D eigenvalue weighted by atomic mass is 10.2. The number of carbonyl (C=O) groups excluding carboxylic acids is 1. The van der Waals surface area contributed by atoms with Crippen LogP contribution in [0.5, 0.6) is 0 Å². The van der Waals surface area contributed by atoms with E-state index in [1.54, 1.807) is 7.05 Å². The Kier molecular flexibility index (Phi) is 5.31. The first-order valence-electron chi connectivity index (χ1n) is 6.99. The molecule has 1 amide bonds. The van der Waals surface area contributed by atoms with Crippen molar-refractivity contribution in [1.29, 1.82) is 0 Å². The number of hydrogen-bond acceptors (Lipinski definition) is 3. The monoisotopic (exact) mass is 330 g/mol. The van der Waals surface area contributed by atoms with Crippen molar-refractivity contribution in [3.8, 4) is 0 Å². The van der Waals surface area contributed by atoms with E-state index in [1.807, 2.05) is 30.3 Å². The van der Waals surface area contributed by atoms with Gasteiger partial charge in [-0.05, 0) is 36.4 Å². The molecule has 1 N–H and O–H groups in total. The van der Waals surface area contributed by atoms with Crippen LogP contribution < -0.4 is 9.62 Å². The van der Waals surface area contributed by atoms with Crippen molar-refractivity contribution in [3.05, 3.63) is 72.8 Å². The SMILES string of the molecule is C=CCNS(=O)(=O)c1ccc(C(=O)N(C)c2ccccc2)cc1. The van der Waals surface area contributed by atoms with Crippen LogP contribution in [0.15, 0.2) is 72.1 Å². The highest BCUT2D eigenvalue weighted by Gasteiger charge is 2.16. The summed E-state index contributed by atoms with van der Waals surface area (Å²) in [4.78, 5) is 14.0. The fraction of sp³-hybridized carbons (Fsp3) is 0.118. The standard InChI is InChI=1S/C17H18N2O3S/c1-3-13-18-23(21,22)16-11-9-14(10-12-16)17(20)19(2)15-7-5-4-6-8-15/h3-12,18H,1,13H2,2H3. The second-order valence-corrected chi connectivity index (χ2v) is 6.63. The van der Waals surface area contributed by atoms with Gasteiger partial charge in [-0.1, -0.05) is 24.3 Å². The highest BCUT2D eigenvalue weighted by Crippen LogP contribution is 2.16. The second kappa shape index (κ2) is 7.21. The Hall–Kier alpha value is -2.44. The number of carbonyl (C=O) groups is 1. The number of rotatable bonds is 6. The van der Waals surface area contributed by atoms with Crippen molar-refractivity contribution >= 4 is 21.6 Å². The van der Waals surface area contributed by atoms with Gasteiger partial charge in [0.15, 0.2) is 0 Å². The third kappa shape index (κ3) is 4.06. The Labute approximate surface area is 136 Å². The van der Waals surface area contributed by atoms with Crippen LogP contribution in [-0.4, -0.2) is 27.9 Å². The van der Waals surface area contributed by atoms with Crippen molar-refractivity contribution in [3.63, 3.8) is 0 Å². The van der Waals surface area contributed by atoms with Gasteiger partial charge in [0.2, 0.25) is 10.0 Å². The molecule has 0 radical (unpaired) electrons. The van der Waals surface area contributed by atoms with E-state index in [0.29, 0.717) is 5.56 Å². The summed E-state index contributed by atoms with van der Waals surface area (Å²) in [6.07, 6.45) is 1.46. The summed E-state index contributed by atoms with van der Waals surface area (Å²) in [6.45, 7) is 3.62. The lowest BCUT2D eigenvalue weighted by molar-refractivity contribution is 0.0993. The van der Waals surface area contributed by atoms with E-state index in [-0.39, 0.29) is 17.3 Å².